The lowest BCUT2D eigenvalue weighted by molar-refractivity contribution is 0.179. The van der Waals surface area contributed by atoms with Gasteiger partial charge in [-0.15, -0.1) is 4.73 Å². The van der Waals surface area contributed by atoms with Crippen LogP contribution in [0.15, 0.2) is 39.9 Å². The minimum Gasteiger partial charge on any atom is -0.472 e. The van der Waals surface area contributed by atoms with Gasteiger partial charge in [0.2, 0.25) is 0 Å². The van der Waals surface area contributed by atoms with Crippen molar-refractivity contribution in [3.05, 3.63) is 46.6 Å². The van der Waals surface area contributed by atoms with Crippen molar-refractivity contribution in [3.8, 4) is 11.3 Å². The molecule has 0 spiro atoms. The van der Waals surface area contributed by atoms with Crippen LogP contribution in [0, 0.1) is 6.92 Å². The number of hydrogen-bond acceptors (Lipinski definition) is 3. The summed E-state index contributed by atoms with van der Waals surface area (Å²) in [5, 5.41) is 9.51. The van der Waals surface area contributed by atoms with Crippen molar-refractivity contribution in [3.63, 3.8) is 0 Å². The summed E-state index contributed by atoms with van der Waals surface area (Å²) >= 11 is 0. The molecule has 2 heterocycles. The third-order valence-corrected chi connectivity index (χ3v) is 2.07. The lowest BCUT2D eigenvalue weighted by atomic mass is 10.2. The quantitative estimate of drug-likeness (QED) is 0.697. The summed E-state index contributed by atoms with van der Waals surface area (Å²) in [6.45, 7) is 1.65. The number of hydrogen-bond donors (Lipinski definition) is 1. The van der Waals surface area contributed by atoms with Gasteiger partial charge in [0.05, 0.1) is 18.2 Å². The van der Waals surface area contributed by atoms with E-state index in [1.807, 2.05) is 0 Å². The van der Waals surface area contributed by atoms with Crippen molar-refractivity contribution < 1.29 is 9.62 Å². The fourth-order valence-electron chi connectivity index (χ4n) is 1.25. The van der Waals surface area contributed by atoms with Crippen molar-refractivity contribution in [1.82, 2.24) is 4.73 Å². The van der Waals surface area contributed by atoms with E-state index in [9.17, 15) is 10.0 Å². The molecule has 4 nitrogen and oxygen atoms in total. The van der Waals surface area contributed by atoms with E-state index in [-0.39, 0.29) is 0 Å². The molecule has 0 aliphatic carbocycles. The smallest absolute Gasteiger partial charge is 0.286 e. The Hall–Kier alpha value is -1.97. The highest BCUT2D eigenvalue weighted by molar-refractivity contribution is 5.57. The van der Waals surface area contributed by atoms with E-state index < -0.39 is 5.56 Å². The van der Waals surface area contributed by atoms with E-state index in [1.165, 1.54) is 12.5 Å². The van der Waals surface area contributed by atoms with Gasteiger partial charge in [-0.3, -0.25) is 4.79 Å². The maximum absolute atomic E-state index is 11.4. The molecule has 72 valence electrons. The third kappa shape index (κ3) is 1.21. The molecule has 2 aromatic rings. The molecule has 0 amide bonds. The summed E-state index contributed by atoms with van der Waals surface area (Å²) < 4.78 is 5.49. The average Bonchev–Trinajstić information content (AvgIpc) is 2.67. The van der Waals surface area contributed by atoms with Crippen LogP contribution < -0.4 is 5.56 Å². The summed E-state index contributed by atoms with van der Waals surface area (Å²) in [5.41, 5.74) is 1.18. The SMILES string of the molecule is Cc1ccc(-c2ccoc2)n(O)c1=O. The fourth-order valence-corrected chi connectivity index (χ4v) is 1.25. The zero-order valence-electron chi connectivity index (χ0n) is 7.60. The molecule has 2 rings (SSSR count). The first-order chi connectivity index (χ1) is 6.70. The van der Waals surface area contributed by atoms with Gasteiger partial charge in [-0.1, -0.05) is 6.07 Å². The number of aryl methyl sites for hydroxylation is 1. The van der Waals surface area contributed by atoms with Crippen LogP contribution in [0.2, 0.25) is 0 Å². The zero-order valence-corrected chi connectivity index (χ0v) is 7.60. The molecule has 1 N–H and O–H groups in total. The number of aromatic nitrogens is 1. The average molecular weight is 191 g/mol. The maximum atomic E-state index is 11.4. The topological polar surface area (TPSA) is 55.4 Å². The first kappa shape index (κ1) is 8.62. The molecule has 0 bridgehead atoms. The van der Waals surface area contributed by atoms with Gasteiger partial charge < -0.3 is 9.62 Å². The Morgan fingerprint density at radius 2 is 2.14 bits per heavy atom. The Kier molecular flexibility index (Phi) is 1.89. The van der Waals surface area contributed by atoms with Crippen molar-refractivity contribution in [1.29, 1.82) is 0 Å². The van der Waals surface area contributed by atoms with Crippen LogP contribution in [0.4, 0.5) is 0 Å². The van der Waals surface area contributed by atoms with Crippen LogP contribution in [0.1, 0.15) is 5.56 Å². The predicted octanol–water partition coefficient (Wildman–Crippen LogP) is 1.65. The van der Waals surface area contributed by atoms with Gasteiger partial charge in [-0.2, -0.15) is 0 Å². The molecule has 0 unspecified atom stereocenters. The van der Waals surface area contributed by atoms with E-state index in [0.717, 1.165) is 0 Å². The van der Waals surface area contributed by atoms with Crippen molar-refractivity contribution in [2.75, 3.05) is 0 Å². The minimum atomic E-state index is -0.413. The van der Waals surface area contributed by atoms with E-state index in [1.54, 1.807) is 25.1 Å². The van der Waals surface area contributed by atoms with Crippen LogP contribution in [-0.2, 0) is 0 Å². The lowest BCUT2D eigenvalue weighted by Crippen LogP contribution is -2.20. The van der Waals surface area contributed by atoms with Crippen LogP contribution >= 0.6 is 0 Å². The molecule has 0 saturated heterocycles. The predicted molar refractivity (Wildman–Crippen MR) is 50.3 cm³/mol. The van der Waals surface area contributed by atoms with Gasteiger partial charge in [-0.05, 0) is 19.1 Å². The molecule has 4 heteroatoms. The standard InChI is InChI=1S/C10H9NO3/c1-7-2-3-9(11(13)10(7)12)8-4-5-14-6-8/h2-6,13H,1H3. The second kappa shape index (κ2) is 3.06. The number of rotatable bonds is 1. The summed E-state index contributed by atoms with van der Waals surface area (Å²) in [5.74, 6) is 0. The molecule has 0 aromatic carbocycles. The molecule has 0 radical (unpaired) electrons. The number of furan rings is 1. The fraction of sp³-hybridized carbons (Fsp3) is 0.100. The molecule has 0 saturated carbocycles. The van der Waals surface area contributed by atoms with Crippen LogP contribution in [0.3, 0.4) is 0 Å². The largest absolute Gasteiger partial charge is 0.472 e. The van der Waals surface area contributed by atoms with Crippen LogP contribution in [-0.4, -0.2) is 9.94 Å². The van der Waals surface area contributed by atoms with Crippen molar-refractivity contribution >= 4 is 0 Å². The minimum absolute atomic E-state index is 0.413. The van der Waals surface area contributed by atoms with E-state index >= 15 is 0 Å². The van der Waals surface area contributed by atoms with Gasteiger partial charge in [0, 0.05) is 11.1 Å². The lowest BCUT2D eigenvalue weighted by Gasteiger charge is -2.04. The second-order valence-electron chi connectivity index (χ2n) is 3.03. The van der Waals surface area contributed by atoms with E-state index in [4.69, 9.17) is 4.42 Å². The van der Waals surface area contributed by atoms with Gasteiger partial charge in [0.1, 0.15) is 0 Å². The highest BCUT2D eigenvalue weighted by Gasteiger charge is 2.07. The Morgan fingerprint density at radius 3 is 2.79 bits per heavy atom. The molecule has 0 aliphatic rings. The van der Waals surface area contributed by atoms with Crippen molar-refractivity contribution in [2.24, 2.45) is 0 Å². The molecule has 14 heavy (non-hydrogen) atoms. The molecular weight excluding hydrogens is 182 g/mol. The highest BCUT2D eigenvalue weighted by Crippen LogP contribution is 2.17. The molecule has 0 fully saturated rings. The summed E-state index contributed by atoms with van der Waals surface area (Å²) in [4.78, 5) is 11.4. The molecule has 0 atom stereocenters. The normalized spacial score (nSPS) is 10.4. The Labute approximate surface area is 80.0 Å². The van der Waals surface area contributed by atoms with E-state index in [2.05, 4.69) is 0 Å². The molecule has 0 aliphatic heterocycles. The third-order valence-electron chi connectivity index (χ3n) is 2.07. The maximum Gasteiger partial charge on any atom is 0.286 e. The summed E-state index contributed by atoms with van der Waals surface area (Å²) in [6.07, 6.45) is 2.95. The van der Waals surface area contributed by atoms with E-state index in [0.29, 0.717) is 21.6 Å². The Morgan fingerprint density at radius 1 is 1.36 bits per heavy atom. The Balaban J connectivity index is 2.68. The van der Waals surface area contributed by atoms with Gasteiger partial charge in [0.15, 0.2) is 0 Å². The van der Waals surface area contributed by atoms with Crippen LogP contribution in [0.25, 0.3) is 11.3 Å². The first-order valence-electron chi connectivity index (χ1n) is 4.14. The van der Waals surface area contributed by atoms with Gasteiger partial charge in [-0.25, -0.2) is 0 Å². The summed E-state index contributed by atoms with van der Waals surface area (Å²) in [6, 6.07) is 5.01. The second-order valence-corrected chi connectivity index (χ2v) is 3.03. The van der Waals surface area contributed by atoms with Gasteiger partial charge in [0.25, 0.3) is 5.56 Å². The monoisotopic (exact) mass is 191 g/mol. The zero-order chi connectivity index (χ0) is 10.1. The molecular formula is C10H9NO3. The first-order valence-corrected chi connectivity index (χ1v) is 4.14. The molecule has 2 aromatic heterocycles. The van der Waals surface area contributed by atoms with Crippen LogP contribution in [0.5, 0.6) is 0 Å². The highest BCUT2D eigenvalue weighted by atomic mass is 16.5. The Bertz CT molecular complexity index is 497. The number of nitrogens with zero attached hydrogens (tertiary/aromatic N) is 1. The van der Waals surface area contributed by atoms with Crippen molar-refractivity contribution in [2.45, 2.75) is 6.92 Å². The van der Waals surface area contributed by atoms with Gasteiger partial charge >= 0.3 is 0 Å². The summed E-state index contributed by atoms with van der Waals surface area (Å²) in [7, 11) is 0. The number of pyridine rings is 1.